The summed E-state index contributed by atoms with van der Waals surface area (Å²) in [7, 11) is 3.67. The van der Waals surface area contributed by atoms with E-state index in [1.165, 1.54) is 0 Å². The number of aliphatic hydroxyl groups is 1. The number of nitrogens with zero attached hydrogens (tertiary/aromatic N) is 1. The van der Waals surface area contributed by atoms with E-state index in [4.69, 9.17) is 9.94 Å². The fourth-order valence-electron chi connectivity index (χ4n) is 0.509. The number of aliphatic hydroxyl groups excluding tert-OH is 1. The molecule has 0 rings (SSSR count). The second-order valence-corrected chi connectivity index (χ2v) is 2.01. The summed E-state index contributed by atoms with van der Waals surface area (Å²) in [6.45, 7) is 2.17. The highest BCUT2D eigenvalue weighted by Crippen LogP contribution is 1.81. The smallest absolute Gasteiger partial charge is 0.0809 e. The van der Waals surface area contributed by atoms with Crippen LogP contribution in [0, 0.1) is 0 Å². The Hall–Kier alpha value is -0.160. The van der Waals surface area contributed by atoms with Crippen molar-refractivity contribution in [3.8, 4) is 0 Å². The molecule has 0 spiro atoms. The minimum Gasteiger partial charge on any atom is -0.395 e. The first-order chi connectivity index (χ1) is 4.81. The van der Waals surface area contributed by atoms with Gasteiger partial charge in [0.25, 0.3) is 0 Å². The molecule has 4 heteroatoms. The van der Waals surface area contributed by atoms with Gasteiger partial charge < -0.3 is 10.4 Å². The van der Waals surface area contributed by atoms with E-state index in [1.807, 2.05) is 7.05 Å². The molecule has 0 atom stereocenters. The molecule has 0 aliphatic heterocycles. The maximum Gasteiger partial charge on any atom is 0.0809 e. The maximum absolute atomic E-state index is 8.46. The molecule has 0 amide bonds. The van der Waals surface area contributed by atoms with E-state index >= 15 is 0 Å². The van der Waals surface area contributed by atoms with Gasteiger partial charge in [-0.2, -0.15) is 5.06 Å². The van der Waals surface area contributed by atoms with Gasteiger partial charge in [-0.25, -0.2) is 0 Å². The normalized spacial score (nSPS) is 10.8. The van der Waals surface area contributed by atoms with Crippen molar-refractivity contribution in [3.05, 3.63) is 0 Å². The fourth-order valence-corrected chi connectivity index (χ4v) is 0.509. The third kappa shape index (κ3) is 5.97. The summed E-state index contributed by atoms with van der Waals surface area (Å²) in [5.41, 5.74) is 0. The van der Waals surface area contributed by atoms with Gasteiger partial charge in [0.2, 0.25) is 0 Å². The van der Waals surface area contributed by atoms with Crippen LogP contribution in [0.1, 0.15) is 0 Å². The molecular formula is C6H16N2O2. The van der Waals surface area contributed by atoms with Crippen molar-refractivity contribution in [2.75, 3.05) is 40.4 Å². The van der Waals surface area contributed by atoms with Crippen LogP contribution in [0.4, 0.5) is 0 Å². The molecule has 0 saturated heterocycles. The minimum atomic E-state index is 0.135. The molecule has 4 nitrogen and oxygen atoms in total. The predicted molar refractivity (Wildman–Crippen MR) is 39.6 cm³/mol. The van der Waals surface area contributed by atoms with Crippen LogP contribution in [0.15, 0.2) is 0 Å². The number of hydroxylamine groups is 2. The van der Waals surface area contributed by atoms with Gasteiger partial charge in [-0.1, -0.05) is 0 Å². The first kappa shape index (κ1) is 9.84. The van der Waals surface area contributed by atoms with Gasteiger partial charge in [0.05, 0.1) is 13.2 Å². The Morgan fingerprint density at radius 3 is 2.80 bits per heavy atom. The molecule has 10 heavy (non-hydrogen) atoms. The minimum absolute atomic E-state index is 0.135. The van der Waals surface area contributed by atoms with E-state index in [-0.39, 0.29) is 6.61 Å². The highest BCUT2D eigenvalue weighted by Gasteiger charge is 1.94. The third-order valence-corrected chi connectivity index (χ3v) is 1.08. The molecule has 0 radical (unpaired) electrons. The highest BCUT2D eigenvalue weighted by atomic mass is 16.7. The number of hydrogen-bond acceptors (Lipinski definition) is 4. The number of nitrogens with one attached hydrogen (secondary N) is 1. The average Bonchev–Trinajstić information content (AvgIpc) is 1.89. The number of rotatable bonds is 6. The zero-order valence-corrected chi connectivity index (χ0v) is 6.63. The molecule has 0 fully saturated rings. The molecule has 0 aromatic carbocycles. The van der Waals surface area contributed by atoms with Gasteiger partial charge in [-0.05, 0) is 7.05 Å². The van der Waals surface area contributed by atoms with E-state index < -0.39 is 0 Å². The van der Waals surface area contributed by atoms with Crippen LogP contribution >= 0.6 is 0 Å². The van der Waals surface area contributed by atoms with E-state index in [2.05, 4.69) is 5.32 Å². The van der Waals surface area contributed by atoms with Crippen molar-refractivity contribution >= 4 is 0 Å². The van der Waals surface area contributed by atoms with E-state index in [0.717, 1.165) is 6.54 Å². The Balaban J connectivity index is 2.97. The summed E-state index contributed by atoms with van der Waals surface area (Å²) in [6, 6.07) is 0. The fraction of sp³-hybridized carbons (Fsp3) is 1.00. The van der Waals surface area contributed by atoms with Crippen molar-refractivity contribution in [3.63, 3.8) is 0 Å². The molecular weight excluding hydrogens is 132 g/mol. The van der Waals surface area contributed by atoms with Gasteiger partial charge in [0.15, 0.2) is 0 Å². The van der Waals surface area contributed by atoms with Crippen molar-refractivity contribution in [2.45, 2.75) is 0 Å². The van der Waals surface area contributed by atoms with Crippen LogP contribution in [-0.2, 0) is 4.84 Å². The monoisotopic (exact) mass is 148 g/mol. The molecule has 0 aromatic rings. The Bertz CT molecular complexity index is 70.8. The lowest BCUT2D eigenvalue weighted by Crippen LogP contribution is -2.26. The van der Waals surface area contributed by atoms with Gasteiger partial charge in [0, 0.05) is 20.1 Å². The molecule has 62 valence electrons. The molecule has 0 heterocycles. The third-order valence-electron chi connectivity index (χ3n) is 1.08. The van der Waals surface area contributed by atoms with Gasteiger partial charge >= 0.3 is 0 Å². The summed E-state index contributed by atoms with van der Waals surface area (Å²) in [5.74, 6) is 0. The number of likely N-dealkylation sites (N-methyl/N-ethyl adjacent to an activating group) is 2. The zero-order valence-electron chi connectivity index (χ0n) is 6.63. The van der Waals surface area contributed by atoms with Crippen LogP contribution < -0.4 is 5.32 Å². The standard InChI is InChI=1S/C6H16N2O2/c1-7-3-6-10-8(2)4-5-9/h7,9H,3-6H2,1-2H3. The van der Waals surface area contributed by atoms with Crippen molar-refractivity contribution in [1.29, 1.82) is 0 Å². The topological polar surface area (TPSA) is 44.7 Å². The largest absolute Gasteiger partial charge is 0.395 e. The highest BCUT2D eigenvalue weighted by molar-refractivity contribution is 4.36. The van der Waals surface area contributed by atoms with E-state index in [0.29, 0.717) is 13.2 Å². The lowest BCUT2D eigenvalue weighted by atomic mass is 10.7. The van der Waals surface area contributed by atoms with E-state index in [1.54, 1.807) is 12.1 Å². The van der Waals surface area contributed by atoms with Gasteiger partial charge in [0.1, 0.15) is 0 Å². The summed E-state index contributed by atoms with van der Waals surface area (Å²) in [5, 5.41) is 13.0. The molecule has 2 N–H and O–H groups in total. The van der Waals surface area contributed by atoms with Gasteiger partial charge in [-0.3, -0.25) is 4.84 Å². The molecule has 0 unspecified atom stereocenters. The lowest BCUT2D eigenvalue weighted by Gasteiger charge is -2.14. The molecule has 0 saturated carbocycles. The Labute approximate surface area is 61.7 Å². The SMILES string of the molecule is CNCCON(C)CCO. The van der Waals surface area contributed by atoms with Crippen LogP contribution in [0.25, 0.3) is 0 Å². The first-order valence-electron chi connectivity index (χ1n) is 3.40. The Morgan fingerprint density at radius 2 is 2.30 bits per heavy atom. The lowest BCUT2D eigenvalue weighted by molar-refractivity contribution is -0.142. The average molecular weight is 148 g/mol. The zero-order chi connectivity index (χ0) is 7.82. The predicted octanol–water partition coefficient (Wildman–Crippen LogP) is -0.938. The van der Waals surface area contributed by atoms with Crippen LogP contribution in [0.5, 0.6) is 0 Å². The van der Waals surface area contributed by atoms with Crippen molar-refractivity contribution in [1.82, 2.24) is 10.4 Å². The molecule has 0 aliphatic rings. The second kappa shape index (κ2) is 6.95. The van der Waals surface area contributed by atoms with E-state index in [9.17, 15) is 0 Å². The summed E-state index contributed by atoms with van der Waals surface area (Å²) in [6.07, 6.45) is 0. The van der Waals surface area contributed by atoms with Crippen LogP contribution in [0.3, 0.4) is 0 Å². The molecule has 0 bridgehead atoms. The van der Waals surface area contributed by atoms with Crippen LogP contribution in [-0.4, -0.2) is 50.6 Å². The molecule has 0 aliphatic carbocycles. The summed E-state index contributed by atoms with van der Waals surface area (Å²) < 4.78 is 0. The summed E-state index contributed by atoms with van der Waals surface area (Å²) in [4.78, 5) is 5.13. The van der Waals surface area contributed by atoms with Gasteiger partial charge in [-0.15, -0.1) is 0 Å². The molecule has 0 aromatic heterocycles. The first-order valence-corrected chi connectivity index (χ1v) is 3.40. The quantitative estimate of drug-likeness (QED) is 0.377. The second-order valence-electron chi connectivity index (χ2n) is 2.01. The Kier molecular flexibility index (Phi) is 6.84. The van der Waals surface area contributed by atoms with Crippen molar-refractivity contribution < 1.29 is 9.94 Å². The van der Waals surface area contributed by atoms with Crippen molar-refractivity contribution in [2.24, 2.45) is 0 Å². The number of hydrogen-bond donors (Lipinski definition) is 2. The van der Waals surface area contributed by atoms with Crippen LogP contribution in [0.2, 0.25) is 0 Å². The summed E-state index contributed by atoms with van der Waals surface area (Å²) >= 11 is 0. The maximum atomic E-state index is 8.46. The Morgan fingerprint density at radius 1 is 1.60 bits per heavy atom.